The zero-order valence-corrected chi connectivity index (χ0v) is 24.4. The van der Waals surface area contributed by atoms with Crippen LogP contribution in [0.2, 0.25) is 0 Å². The van der Waals surface area contributed by atoms with Gasteiger partial charge in [-0.05, 0) is 45.0 Å². The zero-order valence-electron chi connectivity index (χ0n) is 22.8. The molecule has 3 aromatic rings. The van der Waals surface area contributed by atoms with Crippen molar-refractivity contribution in [3.63, 3.8) is 0 Å². The lowest BCUT2D eigenvalue weighted by Crippen LogP contribution is -2.43. The highest BCUT2D eigenvalue weighted by atomic mass is 32.2. The molecule has 0 unspecified atom stereocenters. The van der Waals surface area contributed by atoms with Gasteiger partial charge in [-0.15, -0.1) is 0 Å². The summed E-state index contributed by atoms with van der Waals surface area (Å²) in [5, 5.41) is 0.421. The SMILES string of the molecule is CCOc1cc(C(=O)N(CCN2CCOCC2)c2nc3c(S(C)(=O)=O)cccc3s2)cc(OCC)c1OCC. The van der Waals surface area contributed by atoms with Crippen LogP contribution < -0.4 is 19.1 Å². The van der Waals surface area contributed by atoms with Gasteiger partial charge in [0.2, 0.25) is 5.75 Å². The molecule has 2 heterocycles. The van der Waals surface area contributed by atoms with Gasteiger partial charge in [-0.1, -0.05) is 17.4 Å². The van der Waals surface area contributed by atoms with Crippen LogP contribution >= 0.6 is 11.3 Å². The number of amides is 1. The van der Waals surface area contributed by atoms with Gasteiger partial charge in [-0.2, -0.15) is 0 Å². The molecule has 0 spiro atoms. The topological polar surface area (TPSA) is 108 Å². The molecule has 1 amide bonds. The number of anilines is 1. The van der Waals surface area contributed by atoms with Crippen LogP contribution in [0.5, 0.6) is 17.2 Å². The van der Waals surface area contributed by atoms with Crippen molar-refractivity contribution in [1.29, 1.82) is 0 Å². The van der Waals surface area contributed by atoms with E-state index in [4.69, 9.17) is 18.9 Å². The van der Waals surface area contributed by atoms with Crippen molar-refractivity contribution in [1.82, 2.24) is 9.88 Å². The summed E-state index contributed by atoms with van der Waals surface area (Å²) in [5.74, 6) is 0.999. The van der Waals surface area contributed by atoms with Gasteiger partial charge in [0.15, 0.2) is 26.5 Å². The van der Waals surface area contributed by atoms with Crippen molar-refractivity contribution in [2.24, 2.45) is 0 Å². The third-order valence-corrected chi connectivity index (χ3v) is 8.32. The fourth-order valence-electron chi connectivity index (χ4n) is 4.34. The predicted octanol–water partition coefficient (Wildman–Crippen LogP) is 3.87. The number of aromatic nitrogens is 1. The second-order valence-corrected chi connectivity index (χ2v) is 11.9. The molecule has 0 atom stereocenters. The molecule has 1 aliphatic heterocycles. The first kappa shape index (κ1) is 29.1. The molecule has 39 heavy (non-hydrogen) atoms. The predicted molar refractivity (Wildman–Crippen MR) is 152 cm³/mol. The highest BCUT2D eigenvalue weighted by molar-refractivity contribution is 7.91. The third kappa shape index (κ3) is 6.81. The third-order valence-electron chi connectivity index (χ3n) is 6.15. The maximum Gasteiger partial charge on any atom is 0.260 e. The van der Waals surface area contributed by atoms with Gasteiger partial charge >= 0.3 is 0 Å². The number of hydrogen-bond acceptors (Lipinski definition) is 10. The van der Waals surface area contributed by atoms with Crippen LogP contribution in [-0.4, -0.2) is 89.7 Å². The van der Waals surface area contributed by atoms with Crippen molar-refractivity contribution < 1.29 is 32.2 Å². The molecule has 2 aromatic carbocycles. The molecule has 0 aliphatic carbocycles. The number of carbonyl (C=O) groups is 1. The Kier molecular flexibility index (Phi) is 9.65. The average Bonchev–Trinajstić information content (AvgIpc) is 3.34. The number of hydrogen-bond donors (Lipinski definition) is 0. The Labute approximate surface area is 233 Å². The first-order chi connectivity index (χ1) is 18.8. The Balaban J connectivity index is 1.78. The van der Waals surface area contributed by atoms with Gasteiger partial charge < -0.3 is 18.9 Å². The van der Waals surface area contributed by atoms with Crippen LogP contribution in [0, 0.1) is 0 Å². The van der Waals surface area contributed by atoms with Gasteiger partial charge in [0.1, 0.15) is 5.52 Å². The van der Waals surface area contributed by atoms with Gasteiger partial charge in [0.25, 0.3) is 5.91 Å². The summed E-state index contributed by atoms with van der Waals surface area (Å²) in [7, 11) is -3.51. The lowest BCUT2D eigenvalue weighted by atomic mass is 10.1. The van der Waals surface area contributed by atoms with E-state index < -0.39 is 9.84 Å². The number of fused-ring (bicyclic) bond motifs is 1. The quantitative estimate of drug-likeness (QED) is 0.317. The molecule has 0 N–H and O–H groups in total. The van der Waals surface area contributed by atoms with E-state index in [1.165, 1.54) is 17.4 Å². The van der Waals surface area contributed by atoms with Crippen molar-refractivity contribution in [3.8, 4) is 17.2 Å². The molecule has 1 aromatic heterocycles. The summed E-state index contributed by atoms with van der Waals surface area (Å²) >= 11 is 1.28. The first-order valence-electron chi connectivity index (χ1n) is 13.0. The van der Waals surface area contributed by atoms with E-state index in [0.717, 1.165) is 19.3 Å². The second kappa shape index (κ2) is 12.9. The molecule has 12 heteroatoms. The average molecular weight is 578 g/mol. The Morgan fingerprint density at radius 1 is 1.05 bits per heavy atom. The molecule has 1 saturated heterocycles. The van der Waals surface area contributed by atoms with Crippen molar-refractivity contribution in [2.75, 3.05) is 70.4 Å². The fourth-order valence-corrected chi connectivity index (χ4v) is 6.26. The minimum absolute atomic E-state index is 0.140. The standard InChI is InChI=1S/C27H35N3O7S2/c1-5-35-20-17-19(18-21(36-6-2)25(20)37-7-3)26(31)30(12-11-29-13-15-34-16-14-29)27-28-24-22(38-27)9-8-10-23(24)39(4,32)33/h8-10,17-18H,5-7,11-16H2,1-4H3. The summed E-state index contributed by atoms with van der Waals surface area (Å²) < 4.78 is 48.5. The van der Waals surface area contributed by atoms with E-state index in [0.29, 0.717) is 84.3 Å². The van der Waals surface area contributed by atoms with Crippen LogP contribution in [0.1, 0.15) is 31.1 Å². The summed E-state index contributed by atoms with van der Waals surface area (Å²) in [4.78, 5) is 22.8. The fraction of sp³-hybridized carbons (Fsp3) is 0.481. The Bertz CT molecular complexity index is 1370. The van der Waals surface area contributed by atoms with Crippen molar-refractivity contribution in [3.05, 3.63) is 35.9 Å². The lowest BCUT2D eigenvalue weighted by molar-refractivity contribution is 0.0391. The highest BCUT2D eigenvalue weighted by Crippen LogP contribution is 2.40. The van der Waals surface area contributed by atoms with Gasteiger partial charge in [0, 0.05) is 38.0 Å². The number of benzene rings is 2. The number of nitrogens with zero attached hydrogens (tertiary/aromatic N) is 3. The van der Waals surface area contributed by atoms with E-state index in [9.17, 15) is 13.2 Å². The van der Waals surface area contributed by atoms with Crippen LogP contribution in [0.15, 0.2) is 35.2 Å². The van der Waals surface area contributed by atoms with Crippen molar-refractivity contribution in [2.45, 2.75) is 25.7 Å². The molecule has 1 aliphatic rings. The summed E-state index contributed by atoms with van der Waals surface area (Å²) in [6, 6.07) is 8.37. The molecule has 4 rings (SSSR count). The zero-order chi connectivity index (χ0) is 28.0. The Hall–Kier alpha value is -2.93. The number of morpholine rings is 1. The molecule has 0 bridgehead atoms. The maximum atomic E-state index is 14.1. The number of thiazole rings is 1. The van der Waals surface area contributed by atoms with Crippen LogP contribution in [-0.2, 0) is 14.6 Å². The van der Waals surface area contributed by atoms with E-state index >= 15 is 0 Å². The minimum atomic E-state index is -3.51. The highest BCUT2D eigenvalue weighted by Gasteiger charge is 2.27. The normalized spacial score (nSPS) is 14.4. The molecule has 0 radical (unpaired) electrons. The number of carbonyl (C=O) groups excluding carboxylic acids is 1. The monoisotopic (exact) mass is 577 g/mol. The van der Waals surface area contributed by atoms with Crippen LogP contribution in [0.3, 0.4) is 0 Å². The number of ether oxygens (including phenoxy) is 4. The largest absolute Gasteiger partial charge is 0.490 e. The first-order valence-corrected chi connectivity index (χ1v) is 15.8. The molecule has 0 saturated carbocycles. The Morgan fingerprint density at radius 2 is 1.69 bits per heavy atom. The molecule has 10 nitrogen and oxygen atoms in total. The number of rotatable bonds is 12. The van der Waals surface area contributed by atoms with E-state index in [1.807, 2.05) is 26.8 Å². The van der Waals surface area contributed by atoms with Gasteiger partial charge in [0.05, 0.1) is 42.6 Å². The van der Waals surface area contributed by atoms with Crippen molar-refractivity contribution >= 4 is 42.4 Å². The molecular formula is C27H35N3O7S2. The summed E-state index contributed by atoms with van der Waals surface area (Å²) in [6.07, 6.45) is 1.16. The minimum Gasteiger partial charge on any atom is -0.490 e. The van der Waals surface area contributed by atoms with E-state index in [1.54, 1.807) is 23.1 Å². The number of sulfone groups is 1. The van der Waals surface area contributed by atoms with Crippen LogP contribution in [0.25, 0.3) is 10.2 Å². The van der Waals surface area contributed by atoms with Crippen LogP contribution in [0.4, 0.5) is 5.13 Å². The molecule has 212 valence electrons. The molecule has 1 fully saturated rings. The summed E-state index contributed by atoms with van der Waals surface area (Å²) in [5.41, 5.74) is 0.718. The van der Waals surface area contributed by atoms with Gasteiger partial charge in [-0.3, -0.25) is 14.6 Å². The molecular weight excluding hydrogens is 542 g/mol. The second-order valence-electron chi connectivity index (χ2n) is 8.88. The van der Waals surface area contributed by atoms with E-state index in [-0.39, 0.29) is 10.8 Å². The smallest absolute Gasteiger partial charge is 0.260 e. The Morgan fingerprint density at radius 3 is 2.28 bits per heavy atom. The lowest BCUT2D eigenvalue weighted by Gasteiger charge is -2.29. The van der Waals surface area contributed by atoms with E-state index in [2.05, 4.69) is 9.88 Å². The summed E-state index contributed by atoms with van der Waals surface area (Å²) in [6.45, 7) is 10.6. The maximum absolute atomic E-state index is 14.1. The van der Waals surface area contributed by atoms with Gasteiger partial charge in [-0.25, -0.2) is 13.4 Å². The number of para-hydroxylation sites is 1.